The van der Waals surface area contributed by atoms with E-state index in [9.17, 15) is 0 Å². The molecule has 0 radical (unpaired) electrons. The molecule has 5 heteroatoms. The van der Waals surface area contributed by atoms with E-state index >= 15 is 0 Å². The van der Waals surface area contributed by atoms with Crippen molar-refractivity contribution in [2.45, 2.75) is 85.8 Å². The molecule has 0 fully saturated rings. The Hall–Kier alpha value is -1.89. The van der Waals surface area contributed by atoms with Gasteiger partial charge in [0.05, 0.1) is 0 Å². The van der Waals surface area contributed by atoms with Gasteiger partial charge < -0.3 is 0 Å². The van der Waals surface area contributed by atoms with Crippen LogP contribution in [0.3, 0.4) is 0 Å². The molecule has 0 nitrogen and oxygen atoms in total. The van der Waals surface area contributed by atoms with Crippen molar-refractivity contribution < 1.29 is 23.2 Å². The van der Waals surface area contributed by atoms with Gasteiger partial charge in [0.2, 0.25) is 0 Å². The maximum absolute atomic E-state index is 2.61. The summed E-state index contributed by atoms with van der Waals surface area (Å²) in [4.78, 5) is 0. The molecule has 2 aliphatic rings. The Balaban J connectivity index is 1.51. The molecule has 6 rings (SSSR count). The molecule has 0 N–H and O–H groups in total. The van der Waals surface area contributed by atoms with Gasteiger partial charge in [-0.3, -0.25) is 0 Å². The van der Waals surface area contributed by atoms with Crippen LogP contribution in [0.2, 0.25) is 78.6 Å². The van der Waals surface area contributed by atoms with Gasteiger partial charge >= 0.3 is 304 Å². The topological polar surface area (TPSA) is 0 Å². The van der Waals surface area contributed by atoms with Crippen molar-refractivity contribution in [2.75, 3.05) is 0 Å². The summed E-state index contributed by atoms with van der Waals surface area (Å²) in [5.74, 6) is 0. The maximum atomic E-state index is 2.61. The first-order chi connectivity index (χ1) is 21.8. The van der Waals surface area contributed by atoms with Crippen molar-refractivity contribution in [3.05, 3.63) is 118 Å². The van der Waals surface area contributed by atoms with Gasteiger partial charge in [-0.05, 0) is 0 Å². The monoisotopic (exact) mass is 760 g/mol. The molecule has 0 aliphatic heterocycles. The second kappa shape index (κ2) is 12.5. The van der Waals surface area contributed by atoms with Crippen molar-refractivity contribution in [2.24, 2.45) is 0 Å². The number of hydrogen-bond donors (Lipinski definition) is 0. The van der Waals surface area contributed by atoms with Gasteiger partial charge in [-0.25, -0.2) is 0 Å². The SMILES string of the molecule is C[Si](C)(C)c1cc(C2=Cc3ccccc3[CH]2[Zr][CH]2C(c3cc([Si](C)(C)C)cc([Si](C)(C)C)c3)=Cc3ccccc32)cc([Si](C)(C)C)c1. The zero-order valence-electron chi connectivity index (χ0n) is 30.9. The summed E-state index contributed by atoms with van der Waals surface area (Å²) in [6.45, 7) is 30.2. The quantitative estimate of drug-likeness (QED) is 0.157. The summed E-state index contributed by atoms with van der Waals surface area (Å²) in [5, 5.41) is 6.45. The number of benzene rings is 4. The van der Waals surface area contributed by atoms with Gasteiger partial charge in [-0.2, -0.15) is 0 Å². The minimum atomic E-state index is -1.50. The Morgan fingerprint density at radius 1 is 0.404 bits per heavy atom. The number of rotatable bonds is 8. The van der Waals surface area contributed by atoms with Crippen LogP contribution in [0.1, 0.15) is 40.6 Å². The molecular weight excluding hydrogens is 708 g/mol. The molecule has 0 heterocycles. The van der Waals surface area contributed by atoms with Crippen LogP contribution in [0.5, 0.6) is 0 Å². The van der Waals surface area contributed by atoms with Gasteiger partial charge in [-0.15, -0.1) is 0 Å². The molecule has 47 heavy (non-hydrogen) atoms. The average molecular weight is 762 g/mol. The molecule has 4 aromatic carbocycles. The average Bonchev–Trinajstić information content (AvgIpc) is 3.54. The van der Waals surface area contributed by atoms with E-state index in [0.717, 1.165) is 0 Å². The van der Waals surface area contributed by atoms with E-state index in [4.69, 9.17) is 0 Å². The van der Waals surface area contributed by atoms with E-state index in [0.29, 0.717) is 7.25 Å². The molecule has 0 amide bonds. The zero-order valence-corrected chi connectivity index (χ0v) is 37.4. The van der Waals surface area contributed by atoms with Crippen LogP contribution < -0.4 is 20.7 Å². The van der Waals surface area contributed by atoms with Crippen molar-refractivity contribution in [3.63, 3.8) is 0 Å². The fourth-order valence-electron chi connectivity index (χ4n) is 6.99. The van der Waals surface area contributed by atoms with Crippen molar-refractivity contribution in [1.82, 2.24) is 0 Å². The van der Waals surface area contributed by atoms with Crippen LogP contribution in [-0.2, 0) is 23.2 Å². The second-order valence-corrected chi connectivity index (χ2v) is 42.1. The Morgan fingerprint density at radius 2 is 0.702 bits per heavy atom. The van der Waals surface area contributed by atoms with Crippen LogP contribution in [0.25, 0.3) is 23.3 Å². The molecule has 4 aromatic rings. The summed E-state index contributed by atoms with van der Waals surface area (Å²) in [6.07, 6.45) is 5.16. The third-order valence-corrected chi connectivity index (χ3v) is 23.0. The Bertz CT molecular complexity index is 1700. The second-order valence-electron chi connectivity index (χ2n) is 18.1. The standard InChI is InChI=1S/2C21H27Si2.Zr/c2*1-22(2,3)20-13-19(14-21(15-20)23(4,5)6)18-11-16-9-7-8-10-17(16)12-18;/h2*7-15H,1-6H3;. The van der Waals surface area contributed by atoms with Gasteiger partial charge in [0.25, 0.3) is 0 Å². The molecule has 0 saturated heterocycles. The van der Waals surface area contributed by atoms with Crippen molar-refractivity contribution >= 4 is 76.3 Å². The Kier molecular flexibility index (Phi) is 9.27. The summed E-state index contributed by atoms with van der Waals surface area (Å²) >= 11 is -1.12. The van der Waals surface area contributed by atoms with Gasteiger partial charge in [-0.1, -0.05) is 0 Å². The fraction of sp³-hybridized carbons (Fsp3) is 0.333. The third kappa shape index (κ3) is 7.22. The van der Waals surface area contributed by atoms with E-state index in [2.05, 4.69) is 176 Å². The van der Waals surface area contributed by atoms with Crippen molar-refractivity contribution in [3.8, 4) is 0 Å². The third-order valence-electron chi connectivity index (χ3n) is 10.2. The van der Waals surface area contributed by atoms with E-state index in [1.54, 1.807) is 43.0 Å². The summed E-state index contributed by atoms with van der Waals surface area (Å²) in [5.41, 5.74) is 12.2. The van der Waals surface area contributed by atoms with E-state index < -0.39 is 55.5 Å². The summed E-state index contributed by atoms with van der Waals surface area (Å²) in [7, 11) is -6.01. The first-order valence-corrected chi connectivity index (χ1v) is 34.3. The van der Waals surface area contributed by atoms with Crippen LogP contribution in [0.4, 0.5) is 0 Å². The minimum absolute atomic E-state index is 0.525. The fourth-order valence-corrected chi connectivity index (χ4v) is 17.1. The molecule has 242 valence electrons. The Labute approximate surface area is 301 Å². The van der Waals surface area contributed by atoms with Gasteiger partial charge in [0.1, 0.15) is 0 Å². The summed E-state index contributed by atoms with van der Waals surface area (Å²) < 4.78 is 1.05. The molecular formula is C42H54Si4Zr. The predicted molar refractivity (Wildman–Crippen MR) is 219 cm³/mol. The zero-order chi connectivity index (χ0) is 34.1. The van der Waals surface area contributed by atoms with E-state index in [-0.39, 0.29) is 0 Å². The van der Waals surface area contributed by atoms with Crippen molar-refractivity contribution in [1.29, 1.82) is 0 Å². The first-order valence-electron chi connectivity index (χ1n) is 17.5. The molecule has 2 aliphatic carbocycles. The Morgan fingerprint density at radius 3 is 1.00 bits per heavy atom. The number of fused-ring (bicyclic) bond motifs is 2. The molecule has 2 atom stereocenters. The van der Waals surface area contributed by atoms with Gasteiger partial charge in [0, 0.05) is 0 Å². The number of hydrogen-bond acceptors (Lipinski definition) is 0. The normalized spacial score (nSPS) is 18.0. The van der Waals surface area contributed by atoms with Crippen LogP contribution in [0, 0.1) is 0 Å². The first kappa shape index (κ1) is 35.0. The van der Waals surface area contributed by atoms with Gasteiger partial charge in [0.15, 0.2) is 0 Å². The molecule has 0 saturated carbocycles. The summed E-state index contributed by atoms with van der Waals surface area (Å²) in [6, 6.07) is 34.3. The van der Waals surface area contributed by atoms with Crippen LogP contribution in [-0.4, -0.2) is 32.3 Å². The predicted octanol–water partition coefficient (Wildman–Crippen LogP) is 9.84. The molecule has 0 bridgehead atoms. The number of allylic oxidation sites excluding steroid dienone is 2. The van der Waals surface area contributed by atoms with E-state index in [1.807, 2.05) is 0 Å². The molecule has 0 aromatic heterocycles. The van der Waals surface area contributed by atoms with Crippen LogP contribution >= 0.6 is 0 Å². The molecule has 0 spiro atoms. The molecule has 2 unspecified atom stereocenters. The van der Waals surface area contributed by atoms with Crippen LogP contribution in [0.15, 0.2) is 84.9 Å². The van der Waals surface area contributed by atoms with E-state index in [1.165, 1.54) is 22.3 Å².